The smallest absolute Gasteiger partial charge is 0.222 e. The van der Waals surface area contributed by atoms with Crippen LogP contribution in [-0.2, 0) is 4.79 Å². The molecule has 1 aliphatic rings. The minimum absolute atomic E-state index is 0.0340. The van der Waals surface area contributed by atoms with Gasteiger partial charge in [-0.1, -0.05) is 43.2 Å². The Morgan fingerprint density at radius 2 is 1.95 bits per heavy atom. The Balaban J connectivity index is 1.85. The molecule has 5 N–H and O–H groups in total. The SMILES string of the molecule is NCC1CCCCC1NC(=O)CC(N)c1ccccc1. The van der Waals surface area contributed by atoms with Crippen molar-refractivity contribution in [3.63, 3.8) is 0 Å². The average Bonchev–Trinajstić information content (AvgIpc) is 2.48. The van der Waals surface area contributed by atoms with Gasteiger partial charge in [-0.05, 0) is 30.9 Å². The van der Waals surface area contributed by atoms with Crippen molar-refractivity contribution in [2.24, 2.45) is 17.4 Å². The summed E-state index contributed by atoms with van der Waals surface area (Å²) in [7, 11) is 0. The van der Waals surface area contributed by atoms with E-state index in [-0.39, 0.29) is 18.0 Å². The quantitative estimate of drug-likeness (QED) is 0.765. The predicted octanol–water partition coefficient (Wildman–Crippen LogP) is 1.71. The van der Waals surface area contributed by atoms with E-state index in [1.807, 2.05) is 30.3 Å². The lowest BCUT2D eigenvalue weighted by Crippen LogP contribution is -2.45. The van der Waals surface area contributed by atoms with E-state index in [9.17, 15) is 4.79 Å². The van der Waals surface area contributed by atoms with Crippen LogP contribution in [0.5, 0.6) is 0 Å². The summed E-state index contributed by atoms with van der Waals surface area (Å²) in [5, 5.41) is 3.12. The molecule has 20 heavy (non-hydrogen) atoms. The van der Waals surface area contributed by atoms with Crippen molar-refractivity contribution in [1.29, 1.82) is 0 Å². The molecular formula is C16H25N3O. The van der Waals surface area contributed by atoms with E-state index in [2.05, 4.69) is 5.32 Å². The van der Waals surface area contributed by atoms with Gasteiger partial charge in [-0.25, -0.2) is 0 Å². The van der Waals surface area contributed by atoms with Gasteiger partial charge in [0, 0.05) is 18.5 Å². The molecule has 0 radical (unpaired) electrons. The number of amides is 1. The lowest BCUT2D eigenvalue weighted by Gasteiger charge is -2.31. The molecule has 0 spiro atoms. The van der Waals surface area contributed by atoms with Gasteiger partial charge in [-0.2, -0.15) is 0 Å². The fourth-order valence-corrected chi connectivity index (χ4v) is 2.96. The largest absolute Gasteiger partial charge is 0.353 e. The summed E-state index contributed by atoms with van der Waals surface area (Å²) in [5.41, 5.74) is 12.9. The molecule has 1 aromatic rings. The van der Waals surface area contributed by atoms with Crippen molar-refractivity contribution < 1.29 is 4.79 Å². The normalized spacial score (nSPS) is 24.1. The van der Waals surface area contributed by atoms with Crippen molar-refractivity contribution >= 4 is 5.91 Å². The number of rotatable bonds is 5. The van der Waals surface area contributed by atoms with Gasteiger partial charge in [0.05, 0.1) is 0 Å². The third kappa shape index (κ3) is 4.05. The second-order valence-corrected chi connectivity index (χ2v) is 5.68. The molecule has 1 amide bonds. The summed E-state index contributed by atoms with van der Waals surface area (Å²) in [6, 6.07) is 9.74. The molecule has 0 saturated heterocycles. The molecule has 110 valence electrons. The number of hydrogen-bond acceptors (Lipinski definition) is 3. The summed E-state index contributed by atoms with van der Waals surface area (Å²) in [4.78, 5) is 12.1. The molecule has 3 unspecified atom stereocenters. The second-order valence-electron chi connectivity index (χ2n) is 5.68. The summed E-state index contributed by atoms with van der Waals surface area (Å²) in [5.74, 6) is 0.451. The molecule has 4 heteroatoms. The van der Waals surface area contributed by atoms with E-state index in [4.69, 9.17) is 11.5 Å². The van der Waals surface area contributed by atoms with E-state index in [0.717, 1.165) is 18.4 Å². The van der Waals surface area contributed by atoms with Crippen molar-refractivity contribution in [1.82, 2.24) is 5.32 Å². The van der Waals surface area contributed by atoms with Gasteiger partial charge in [0.25, 0.3) is 0 Å². The molecule has 1 fully saturated rings. The van der Waals surface area contributed by atoms with E-state index in [0.29, 0.717) is 18.9 Å². The zero-order chi connectivity index (χ0) is 14.4. The van der Waals surface area contributed by atoms with E-state index >= 15 is 0 Å². The molecule has 1 saturated carbocycles. The molecule has 1 aromatic carbocycles. The highest BCUT2D eigenvalue weighted by Crippen LogP contribution is 2.24. The van der Waals surface area contributed by atoms with Crippen LogP contribution in [-0.4, -0.2) is 18.5 Å². The Hall–Kier alpha value is -1.39. The molecular weight excluding hydrogens is 250 g/mol. The van der Waals surface area contributed by atoms with Gasteiger partial charge < -0.3 is 16.8 Å². The predicted molar refractivity (Wildman–Crippen MR) is 80.9 cm³/mol. The summed E-state index contributed by atoms with van der Waals surface area (Å²) < 4.78 is 0. The van der Waals surface area contributed by atoms with Gasteiger partial charge in [0.1, 0.15) is 0 Å². The molecule has 0 bridgehead atoms. The topological polar surface area (TPSA) is 81.1 Å². The van der Waals surface area contributed by atoms with Crippen LogP contribution < -0.4 is 16.8 Å². The molecule has 3 atom stereocenters. The van der Waals surface area contributed by atoms with Crippen LogP contribution in [0.1, 0.15) is 43.7 Å². The minimum Gasteiger partial charge on any atom is -0.353 e. The number of carbonyl (C=O) groups excluding carboxylic acids is 1. The summed E-state index contributed by atoms with van der Waals surface area (Å²) in [6.07, 6.45) is 4.88. The fourth-order valence-electron chi connectivity index (χ4n) is 2.96. The van der Waals surface area contributed by atoms with Crippen LogP contribution in [0.15, 0.2) is 30.3 Å². The van der Waals surface area contributed by atoms with Crippen LogP contribution in [0.2, 0.25) is 0 Å². The van der Waals surface area contributed by atoms with Crippen molar-refractivity contribution in [3.05, 3.63) is 35.9 Å². The monoisotopic (exact) mass is 275 g/mol. The van der Waals surface area contributed by atoms with E-state index < -0.39 is 0 Å². The maximum absolute atomic E-state index is 12.1. The Labute approximate surface area is 120 Å². The highest BCUT2D eigenvalue weighted by molar-refractivity contribution is 5.77. The average molecular weight is 275 g/mol. The first-order chi connectivity index (χ1) is 9.70. The van der Waals surface area contributed by atoms with Crippen LogP contribution in [0.3, 0.4) is 0 Å². The zero-order valence-electron chi connectivity index (χ0n) is 11.9. The van der Waals surface area contributed by atoms with Gasteiger partial charge in [-0.3, -0.25) is 4.79 Å². The van der Waals surface area contributed by atoms with Gasteiger partial charge in [0.15, 0.2) is 0 Å². The van der Waals surface area contributed by atoms with Crippen molar-refractivity contribution in [3.8, 4) is 0 Å². The first-order valence-electron chi connectivity index (χ1n) is 7.50. The van der Waals surface area contributed by atoms with E-state index in [1.165, 1.54) is 12.8 Å². The highest BCUT2D eigenvalue weighted by atomic mass is 16.1. The molecule has 0 heterocycles. The van der Waals surface area contributed by atoms with Crippen LogP contribution in [0.4, 0.5) is 0 Å². The number of hydrogen-bond donors (Lipinski definition) is 3. The Morgan fingerprint density at radius 1 is 1.25 bits per heavy atom. The Kier molecular flexibility index (Phi) is 5.56. The lowest BCUT2D eigenvalue weighted by atomic mass is 9.84. The Morgan fingerprint density at radius 3 is 2.65 bits per heavy atom. The zero-order valence-corrected chi connectivity index (χ0v) is 11.9. The van der Waals surface area contributed by atoms with Crippen molar-refractivity contribution in [2.45, 2.75) is 44.2 Å². The second kappa shape index (κ2) is 7.41. The minimum atomic E-state index is -0.240. The van der Waals surface area contributed by atoms with Gasteiger partial charge in [-0.15, -0.1) is 0 Å². The van der Waals surface area contributed by atoms with Crippen molar-refractivity contribution in [2.75, 3.05) is 6.54 Å². The maximum atomic E-state index is 12.1. The third-order valence-electron chi connectivity index (χ3n) is 4.19. The number of carbonyl (C=O) groups is 1. The number of nitrogens with two attached hydrogens (primary N) is 2. The fraction of sp³-hybridized carbons (Fsp3) is 0.562. The highest BCUT2D eigenvalue weighted by Gasteiger charge is 2.25. The Bertz CT molecular complexity index is 421. The van der Waals surface area contributed by atoms with Crippen LogP contribution in [0, 0.1) is 5.92 Å². The van der Waals surface area contributed by atoms with Gasteiger partial charge in [0.2, 0.25) is 5.91 Å². The van der Waals surface area contributed by atoms with E-state index in [1.54, 1.807) is 0 Å². The first-order valence-corrected chi connectivity index (χ1v) is 7.50. The molecule has 0 aromatic heterocycles. The molecule has 0 aliphatic heterocycles. The molecule has 4 nitrogen and oxygen atoms in total. The van der Waals surface area contributed by atoms with Crippen LogP contribution in [0.25, 0.3) is 0 Å². The summed E-state index contributed by atoms with van der Waals surface area (Å²) in [6.45, 7) is 0.648. The molecule has 1 aliphatic carbocycles. The van der Waals surface area contributed by atoms with Gasteiger partial charge >= 0.3 is 0 Å². The standard InChI is InChI=1S/C16H25N3O/c17-11-13-8-4-5-9-15(13)19-16(20)10-14(18)12-6-2-1-3-7-12/h1-3,6-7,13-15H,4-5,8-11,17-18H2,(H,19,20). The molecule has 2 rings (SSSR count). The lowest BCUT2D eigenvalue weighted by molar-refractivity contribution is -0.122. The summed E-state index contributed by atoms with van der Waals surface area (Å²) >= 11 is 0. The number of benzene rings is 1. The van der Waals surface area contributed by atoms with Crippen LogP contribution >= 0.6 is 0 Å². The first kappa shape index (κ1) is 15.0. The third-order valence-corrected chi connectivity index (χ3v) is 4.19. The number of nitrogens with one attached hydrogen (secondary N) is 1. The maximum Gasteiger partial charge on any atom is 0.222 e.